The van der Waals surface area contributed by atoms with Crippen LogP contribution in [0.4, 0.5) is 0 Å². The van der Waals surface area contributed by atoms with Gasteiger partial charge in [-0.2, -0.15) is 0 Å². The van der Waals surface area contributed by atoms with Crippen LogP contribution in [0.3, 0.4) is 0 Å². The lowest BCUT2D eigenvalue weighted by Gasteiger charge is -2.03. The van der Waals surface area contributed by atoms with Crippen LogP contribution in [0.5, 0.6) is 0 Å². The zero-order valence-electron chi connectivity index (χ0n) is 6.01. The standard InChI is InChI=1S/C9H8BrO/c10-8-3-1-7(2-4-8)9(11)5-6-9/h1-4H,5-6H2. The molecular weight excluding hydrogens is 204 g/mol. The number of halogens is 1. The van der Waals surface area contributed by atoms with Gasteiger partial charge >= 0.3 is 0 Å². The van der Waals surface area contributed by atoms with Gasteiger partial charge in [0.2, 0.25) is 0 Å². The van der Waals surface area contributed by atoms with Crippen LogP contribution in [0, 0.1) is 0 Å². The maximum absolute atomic E-state index is 11.5. The summed E-state index contributed by atoms with van der Waals surface area (Å²) >= 11 is 3.33. The lowest BCUT2D eigenvalue weighted by atomic mass is 10.1. The van der Waals surface area contributed by atoms with Crippen LogP contribution in [-0.4, -0.2) is 0 Å². The Morgan fingerprint density at radius 1 is 1.18 bits per heavy atom. The van der Waals surface area contributed by atoms with Crippen molar-refractivity contribution < 1.29 is 5.11 Å². The fraction of sp³-hybridized carbons (Fsp3) is 0.333. The first-order valence-corrected chi connectivity index (χ1v) is 4.46. The van der Waals surface area contributed by atoms with E-state index in [0.29, 0.717) is 0 Å². The molecule has 11 heavy (non-hydrogen) atoms. The van der Waals surface area contributed by atoms with Gasteiger partial charge in [-0.3, -0.25) is 0 Å². The van der Waals surface area contributed by atoms with Crippen molar-refractivity contribution in [2.45, 2.75) is 18.4 Å². The predicted molar refractivity (Wildman–Crippen MR) is 45.7 cm³/mol. The summed E-state index contributed by atoms with van der Waals surface area (Å²) in [5.41, 5.74) is 0.196. The zero-order valence-corrected chi connectivity index (χ0v) is 7.60. The van der Waals surface area contributed by atoms with E-state index < -0.39 is 5.60 Å². The zero-order chi connectivity index (χ0) is 7.90. The summed E-state index contributed by atoms with van der Waals surface area (Å²) < 4.78 is 1.03. The van der Waals surface area contributed by atoms with E-state index in [1.807, 2.05) is 24.3 Å². The Morgan fingerprint density at radius 3 is 2.18 bits per heavy atom. The number of rotatable bonds is 1. The quantitative estimate of drug-likeness (QED) is 0.682. The third-order valence-electron chi connectivity index (χ3n) is 2.07. The van der Waals surface area contributed by atoms with E-state index in [4.69, 9.17) is 0 Å². The van der Waals surface area contributed by atoms with Crippen LogP contribution in [0.2, 0.25) is 0 Å². The van der Waals surface area contributed by atoms with E-state index in [9.17, 15) is 5.11 Å². The topological polar surface area (TPSA) is 19.9 Å². The highest BCUT2D eigenvalue weighted by Crippen LogP contribution is 2.46. The van der Waals surface area contributed by atoms with E-state index in [-0.39, 0.29) is 0 Å². The molecule has 0 atom stereocenters. The molecule has 2 heteroatoms. The van der Waals surface area contributed by atoms with Gasteiger partial charge in [-0.05, 0) is 30.5 Å². The first-order chi connectivity index (χ1) is 5.21. The third kappa shape index (κ3) is 1.33. The molecule has 0 aromatic heterocycles. The Morgan fingerprint density at radius 2 is 1.73 bits per heavy atom. The Kier molecular flexibility index (Phi) is 1.55. The minimum Gasteiger partial charge on any atom is -0.224 e. The molecule has 0 bridgehead atoms. The van der Waals surface area contributed by atoms with Crippen molar-refractivity contribution in [1.82, 2.24) is 0 Å². The Bertz CT molecular complexity index is 261. The van der Waals surface area contributed by atoms with Crippen molar-refractivity contribution in [2.75, 3.05) is 0 Å². The SMILES string of the molecule is [O]C1(c2ccc(Br)cc2)CC1. The molecule has 1 aliphatic rings. The molecule has 1 aromatic carbocycles. The first kappa shape index (κ1) is 7.32. The van der Waals surface area contributed by atoms with E-state index in [1.165, 1.54) is 0 Å². The van der Waals surface area contributed by atoms with Gasteiger partial charge in [0.25, 0.3) is 0 Å². The summed E-state index contributed by atoms with van der Waals surface area (Å²) in [5, 5.41) is 11.5. The molecular formula is C9H8BrO. The van der Waals surface area contributed by atoms with Crippen molar-refractivity contribution in [3.05, 3.63) is 34.3 Å². The van der Waals surface area contributed by atoms with Crippen LogP contribution in [-0.2, 0) is 10.7 Å². The van der Waals surface area contributed by atoms with Gasteiger partial charge in [-0.25, -0.2) is 5.11 Å². The fourth-order valence-corrected chi connectivity index (χ4v) is 1.42. The van der Waals surface area contributed by atoms with Crippen molar-refractivity contribution >= 4 is 15.9 Å². The summed E-state index contributed by atoms with van der Waals surface area (Å²) in [6.07, 6.45) is 1.60. The summed E-state index contributed by atoms with van der Waals surface area (Å²) in [7, 11) is 0. The lowest BCUT2D eigenvalue weighted by Crippen LogP contribution is -2.00. The van der Waals surface area contributed by atoms with E-state index in [2.05, 4.69) is 15.9 Å². The average Bonchev–Trinajstić information content (AvgIpc) is 2.70. The molecule has 2 rings (SSSR count). The second-order valence-corrected chi connectivity index (χ2v) is 3.92. The monoisotopic (exact) mass is 211 g/mol. The van der Waals surface area contributed by atoms with Crippen molar-refractivity contribution in [2.24, 2.45) is 0 Å². The van der Waals surface area contributed by atoms with Gasteiger partial charge in [0.15, 0.2) is 0 Å². The van der Waals surface area contributed by atoms with Gasteiger partial charge in [0, 0.05) is 4.47 Å². The number of benzene rings is 1. The Labute approximate surface area is 74.2 Å². The molecule has 0 N–H and O–H groups in total. The summed E-state index contributed by atoms with van der Waals surface area (Å²) in [6.45, 7) is 0. The van der Waals surface area contributed by atoms with Gasteiger partial charge in [0.1, 0.15) is 5.60 Å². The van der Waals surface area contributed by atoms with E-state index in [1.54, 1.807) is 0 Å². The predicted octanol–water partition coefficient (Wildman–Crippen LogP) is 2.87. The smallest absolute Gasteiger partial charge is 0.129 e. The van der Waals surface area contributed by atoms with Crippen LogP contribution in [0.25, 0.3) is 0 Å². The molecule has 0 saturated heterocycles. The van der Waals surface area contributed by atoms with Crippen LogP contribution < -0.4 is 0 Å². The number of hydrogen-bond donors (Lipinski definition) is 0. The van der Waals surface area contributed by atoms with Gasteiger partial charge < -0.3 is 0 Å². The van der Waals surface area contributed by atoms with E-state index >= 15 is 0 Å². The van der Waals surface area contributed by atoms with Crippen molar-refractivity contribution in [1.29, 1.82) is 0 Å². The molecule has 57 valence electrons. The van der Waals surface area contributed by atoms with Crippen molar-refractivity contribution in [3.63, 3.8) is 0 Å². The van der Waals surface area contributed by atoms with Crippen LogP contribution in [0.1, 0.15) is 18.4 Å². The van der Waals surface area contributed by atoms with E-state index in [0.717, 1.165) is 22.9 Å². The highest BCUT2D eigenvalue weighted by Gasteiger charge is 2.44. The normalized spacial score (nSPS) is 19.8. The lowest BCUT2D eigenvalue weighted by molar-refractivity contribution is 0.0626. The summed E-state index contributed by atoms with van der Waals surface area (Å²) in [4.78, 5) is 0. The van der Waals surface area contributed by atoms with Gasteiger partial charge in [-0.15, -0.1) is 0 Å². The molecule has 1 fully saturated rings. The Hall–Kier alpha value is -0.340. The molecule has 0 amide bonds. The molecule has 0 aliphatic heterocycles. The average molecular weight is 212 g/mol. The molecule has 0 heterocycles. The highest BCUT2D eigenvalue weighted by atomic mass is 79.9. The summed E-state index contributed by atoms with van der Waals surface area (Å²) in [6, 6.07) is 7.66. The largest absolute Gasteiger partial charge is 0.224 e. The molecule has 0 spiro atoms. The minimum atomic E-state index is -0.735. The minimum absolute atomic E-state index is 0.735. The molecule has 1 nitrogen and oxygen atoms in total. The second kappa shape index (κ2) is 2.32. The van der Waals surface area contributed by atoms with Crippen molar-refractivity contribution in [3.8, 4) is 0 Å². The second-order valence-electron chi connectivity index (χ2n) is 3.00. The maximum atomic E-state index is 11.5. The van der Waals surface area contributed by atoms with Gasteiger partial charge in [-0.1, -0.05) is 28.1 Å². The maximum Gasteiger partial charge on any atom is 0.129 e. The van der Waals surface area contributed by atoms with Gasteiger partial charge in [0.05, 0.1) is 0 Å². The Balaban J connectivity index is 2.33. The molecule has 1 saturated carbocycles. The van der Waals surface area contributed by atoms with Crippen LogP contribution in [0.15, 0.2) is 28.7 Å². The molecule has 1 aromatic rings. The molecule has 0 unspecified atom stereocenters. The van der Waals surface area contributed by atoms with Crippen LogP contribution >= 0.6 is 15.9 Å². The fourth-order valence-electron chi connectivity index (χ4n) is 1.16. The highest BCUT2D eigenvalue weighted by molar-refractivity contribution is 9.10. The third-order valence-corrected chi connectivity index (χ3v) is 2.60. The first-order valence-electron chi connectivity index (χ1n) is 3.67. The summed E-state index contributed by atoms with van der Waals surface area (Å²) in [5.74, 6) is 0. The number of hydrogen-bond acceptors (Lipinski definition) is 0. The molecule has 1 radical (unpaired) electrons. The molecule has 1 aliphatic carbocycles.